The lowest BCUT2D eigenvalue weighted by molar-refractivity contribution is -0.111. The van der Waals surface area contributed by atoms with Crippen molar-refractivity contribution in [3.05, 3.63) is 71.3 Å². The maximum Gasteiger partial charge on any atom is 0.248 e. The number of carbonyl (C=O) groups excluding carboxylic acids is 1. The van der Waals surface area contributed by atoms with Crippen LogP contribution in [0.2, 0.25) is 0 Å². The molecule has 0 unspecified atom stereocenters. The van der Waals surface area contributed by atoms with Gasteiger partial charge >= 0.3 is 0 Å². The van der Waals surface area contributed by atoms with E-state index < -0.39 is 0 Å². The van der Waals surface area contributed by atoms with Gasteiger partial charge in [-0.2, -0.15) is 0 Å². The lowest BCUT2D eigenvalue weighted by Gasteiger charge is -2.13. The molecule has 0 heterocycles. The van der Waals surface area contributed by atoms with E-state index >= 15 is 0 Å². The van der Waals surface area contributed by atoms with Crippen LogP contribution in [0.3, 0.4) is 0 Å². The molecule has 3 aromatic rings. The summed E-state index contributed by atoms with van der Waals surface area (Å²) in [5.41, 5.74) is 9.46. The molecule has 8 heteroatoms. The van der Waals surface area contributed by atoms with Crippen molar-refractivity contribution < 1.29 is 28.5 Å². The molecule has 0 aliphatic rings. The summed E-state index contributed by atoms with van der Waals surface area (Å²) in [5, 5.41) is 2.91. The monoisotopic (exact) mass is 490 g/mol. The number of hydrogen-bond donors (Lipinski definition) is 2. The van der Waals surface area contributed by atoms with E-state index in [1.165, 1.54) is 20.3 Å². The van der Waals surface area contributed by atoms with Gasteiger partial charge in [0.2, 0.25) is 11.7 Å². The molecule has 8 nitrogen and oxygen atoms in total. The summed E-state index contributed by atoms with van der Waals surface area (Å²) in [5.74, 6) is 2.27. The van der Waals surface area contributed by atoms with E-state index in [-0.39, 0.29) is 5.91 Å². The van der Waals surface area contributed by atoms with Crippen LogP contribution in [-0.2, 0) is 4.79 Å². The van der Waals surface area contributed by atoms with Crippen molar-refractivity contribution in [2.75, 3.05) is 46.6 Å². The standard InChI is InChI=1S/C28H30N2O6/c1-32-23-15-18(14-21(29)27(23)35-4)11-13-26(31)30-22-9-7-6-8-20(22)12-10-19-16-24(33-2)28(36-5)25(17-19)34-3/h6-17H,29H2,1-5H3,(H,30,31)/b12-10+,13-11+. The van der Waals surface area contributed by atoms with Gasteiger partial charge in [0, 0.05) is 11.8 Å². The van der Waals surface area contributed by atoms with E-state index in [9.17, 15) is 4.79 Å². The number of methoxy groups -OCH3 is 5. The first-order valence-corrected chi connectivity index (χ1v) is 11.0. The Labute approximate surface area is 210 Å². The smallest absolute Gasteiger partial charge is 0.248 e. The second kappa shape index (κ2) is 12.2. The first kappa shape index (κ1) is 26.0. The quantitative estimate of drug-likeness (QED) is 0.231. The van der Waals surface area contributed by atoms with E-state index in [2.05, 4.69) is 5.32 Å². The molecule has 0 aliphatic carbocycles. The maximum absolute atomic E-state index is 12.7. The highest BCUT2D eigenvalue weighted by Gasteiger charge is 2.12. The summed E-state index contributed by atoms with van der Waals surface area (Å²) >= 11 is 0. The SMILES string of the molecule is COc1cc(/C=C/C(=O)Nc2ccccc2/C=C/c2cc(OC)c(OC)c(OC)c2)cc(N)c1OC. The fourth-order valence-electron chi connectivity index (χ4n) is 3.60. The first-order valence-electron chi connectivity index (χ1n) is 11.0. The Kier molecular flexibility index (Phi) is 8.83. The third-order valence-electron chi connectivity index (χ3n) is 5.32. The van der Waals surface area contributed by atoms with Crippen LogP contribution in [0.5, 0.6) is 28.7 Å². The van der Waals surface area contributed by atoms with Crippen LogP contribution in [0, 0.1) is 0 Å². The van der Waals surface area contributed by atoms with Crippen molar-refractivity contribution in [2.24, 2.45) is 0 Å². The predicted molar refractivity (Wildman–Crippen MR) is 143 cm³/mol. The van der Waals surface area contributed by atoms with Crippen molar-refractivity contribution in [3.8, 4) is 28.7 Å². The van der Waals surface area contributed by atoms with Crippen LogP contribution in [0.15, 0.2) is 54.6 Å². The molecule has 0 atom stereocenters. The van der Waals surface area contributed by atoms with E-state index in [0.29, 0.717) is 45.7 Å². The van der Waals surface area contributed by atoms with Crippen LogP contribution < -0.4 is 34.7 Å². The summed E-state index contributed by atoms with van der Waals surface area (Å²) in [7, 11) is 7.74. The highest BCUT2D eigenvalue weighted by Crippen LogP contribution is 2.39. The maximum atomic E-state index is 12.7. The number of anilines is 2. The van der Waals surface area contributed by atoms with Crippen LogP contribution in [0.4, 0.5) is 11.4 Å². The number of para-hydroxylation sites is 1. The topological polar surface area (TPSA) is 101 Å². The molecule has 188 valence electrons. The Bertz CT molecular complexity index is 1260. The molecule has 0 spiro atoms. The van der Waals surface area contributed by atoms with E-state index in [0.717, 1.165) is 11.1 Å². The average Bonchev–Trinajstić information content (AvgIpc) is 2.90. The van der Waals surface area contributed by atoms with Crippen molar-refractivity contribution in [1.82, 2.24) is 0 Å². The number of nitrogens with two attached hydrogens (primary N) is 1. The van der Waals surface area contributed by atoms with Crippen LogP contribution in [0.1, 0.15) is 16.7 Å². The zero-order valence-corrected chi connectivity index (χ0v) is 21.0. The van der Waals surface area contributed by atoms with Gasteiger partial charge in [-0.1, -0.05) is 30.4 Å². The van der Waals surface area contributed by atoms with Crippen LogP contribution in [-0.4, -0.2) is 41.5 Å². The molecule has 1 amide bonds. The molecule has 0 saturated carbocycles. The molecule has 3 aromatic carbocycles. The second-order valence-electron chi connectivity index (χ2n) is 7.55. The van der Waals surface area contributed by atoms with E-state index in [1.54, 1.807) is 39.5 Å². The van der Waals surface area contributed by atoms with Gasteiger partial charge < -0.3 is 34.7 Å². The van der Waals surface area contributed by atoms with Crippen molar-refractivity contribution in [1.29, 1.82) is 0 Å². The van der Waals surface area contributed by atoms with Gasteiger partial charge in [-0.05, 0) is 53.1 Å². The fourth-order valence-corrected chi connectivity index (χ4v) is 3.60. The molecular weight excluding hydrogens is 460 g/mol. The number of ether oxygens (including phenoxy) is 5. The van der Waals surface area contributed by atoms with Gasteiger partial charge in [0.1, 0.15) is 0 Å². The Morgan fingerprint density at radius 2 is 1.28 bits per heavy atom. The summed E-state index contributed by atoms with van der Waals surface area (Å²) in [6, 6.07) is 14.6. The number of nitrogen functional groups attached to an aromatic ring is 1. The van der Waals surface area contributed by atoms with Gasteiger partial charge in [-0.3, -0.25) is 4.79 Å². The third-order valence-corrected chi connectivity index (χ3v) is 5.32. The molecule has 3 rings (SSSR count). The average molecular weight is 491 g/mol. The van der Waals surface area contributed by atoms with Crippen LogP contribution >= 0.6 is 0 Å². The minimum absolute atomic E-state index is 0.294. The number of benzene rings is 3. The van der Waals surface area contributed by atoms with Gasteiger partial charge in [0.15, 0.2) is 23.0 Å². The fraction of sp³-hybridized carbons (Fsp3) is 0.179. The Hall–Kier alpha value is -4.59. The van der Waals surface area contributed by atoms with Crippen molar-refractivity contribution in [2.45, 2.75) is 0 Å². The summed E-state index contributed by atoms with van der Waals surface area (Å²) in [6.45, 7) is 0. The third kappa shape index (κ3) is 6.09. The highest BCUT2D eigenvalue weighted by molar-refractivity contribution is 6.03. The summed E-state index contributed by atoms with van der Waals surface area (Å²) in [4.78, 5) is 12.7. The van der Waals surface area contributed by atoms with Gasteiger partial charge in [0.25, 0.3) is 0 Å². The second-order valence-corrected chi connectivity index (χ2v) is 7.55. The van der Waals surface area contributed by atoms with Crippen molar-refractivity contribution >= 4 is 35.5 Å². The minimum atomic E-state index is -0.294. The molecular formula is C28H30N2O6. The predicted octanol–water partition coefficient (Wildman–Crippen LogP) is 5.13. The van der Waals surface area contributed by atoms with Gasteiger partial charge in [-0.15, -0.1) is 0 Å². The Morgan fingerprint density at radius 1 is 0.722 bits per heavy atom. The number of rotatable bonds is 10. The van der Waals surface area contributed by atoms with Crippen LogP contribution in [0.25, 0.3) is 18.2 Å². The Balaban J connectivity index is 1.80. The number of nitrogens with one attached hydrogen (secondary N) is 1. The molecule has 0 aliphatic heterocycles. The molecule has 3 N–H and O–H groups in total. The summed E-state index contributed by atoms with van der Waals surface area (Å²) in [6.07, 6.45) is 6.88. The van der Waals surface area contributed by atoms with Gasteiger partial charge in [0.05, 0.1) is 41.2 Å². The van der Waals surface area contributed by atoms with Gasteiger partial charge in [-0.25, -0.2) is 0 Å². The highest BCUT2D eigenvalue weighted by atomic mass is 16.5. The zero-order chi connectivity index (χ0) is 26.1. The number of amides is 1. The molecule has 0 radical (unpaired) electrons. The normalized spacial score (nSPS) is 10.9. The molecule has 0 aromatic heterocycles. The van der Waals surface area contributed by atoms with E-state index in [4.69, 9.17) is 29.4 Å². The molecule has 0 bridgehead atoms. The largest absolute Gasteiger partial charge is 0.493 e. The first-order chi connectivity index (χ1) is 17.4. The van der Waals surface area contributed by atoms with Crippen molar-refractivity contribution in [3.63, 3.8) is 0 Å². The summed E-state index contributed by atoms with van der Waals surface area (Å²) < 4.78 is 26.8. The minimum Gasteiger partial charge on any atom is -0.493 e. The van der Waals surface area contributed by atoms with E-state index in [1.807, 2.05) is 48.6 Å². The number of carbonyl (C=O) groups is 1. The number of hydrogen-bond acceptors (Lipinski definition) is 7. The lowest BCUT2D eigenvalue weighted by Crippen LogP contribution is -2.08. The zero-order valence-electron chi connectivity index (χ0n) is 21.0. The Morgan fingerprint density at radius 3 is 1.86 bits per heavy atom. The molecule has 0 fully saturated rings. The lowest BCUT2D eigenvalue weighted by atomic mass is 10.1. The molecule has 0 saturated heterocycles. The molecule has 36 heavy (non-hydrogen) atoms.